The molecule has 0 aliphatic rings. The molecule has 0 heterocycles. The quantitative estimate of drug-likeness (QED) is 0.323. The third kappa shape index (κ3) is 6.68. The number of hydrogen-bond acceptors (Lipinski definition) is 4. The predicted molar refractivity (Wildman–Crippen MR) is 138 cm³/mol. The molecule has 3 aromatic rings. The van der Waals surface area contributed by atoms with Crippen molar-refractivity contribution in [3.05, 3.63) is 94.5 Å². The Labute approximate surface area is 206 Å². The first-order chi connectivity index (χ1) is 16.2. The van der Waals surface area contributed by atoms with Crippen LogP contribution in [0.2, 0.25) is 5.02 Å². The van der Waals surface area contributed by atoms with Crippen LogP contribution in [-0.4, -0.2) is 26.6 Å². The van der Waals surface area contributed by atoms with E-state index in [4.69, 9.17) is 11.6 Å². The molecule has 34 heavy (non-hydrogen) atoms. The minimum absolute atomic E-state index is 0.0467. The molecule has 0 saturated heterocycles. The zero-order chi connectivity index (χ0) is 24.7. The molecule has 0 aliphatic carbocycles. The fourth-order valence-electron chi connectivity index (χ4n) is 3.28. The summed E-state index contributed by atoms with van der Waals surface area (Å²) in [5.41, 5.74) is 6.77. The lowest BCUT2D eigenvalue weighted by atomic mass is 10.1. The predicted octanol–water partition coefficient (Wildman–Crippen LogP) is 5.28. The van der Waals surface area contributed by atoms with Crippen molar-refractivity contribution in [3.63, 3.8) is 0 Å². The fraction of sp³-hybridized carbons (Fsp3) is 0.231. The van der Waals surface area contributed by atoms with Crippen molar-refractivity contribution >= 4 is 38.9 Å². The molecule has 6 nitrogen and oxygen atoms in total. The van der Waals surface area contributed by atoms with Gasteiger partial charge >= 0.3 is 0 Å². The van der Waals surface area contributed by atoms with E-state index in [0.717, 1.165) is 27.6 Å². The molecule has 0 bridgehead atoms. The van der Waals surface area contributed by atoms with Gasteiger partial charge in [-0.1, -0.05) is 48.0 Å². The largest absolute Gasteiger partial charge is 0.271 e. The molecule has 0 spiro atoms. The number of sulfonamides is 1. The lowest BCUT2D eigenvalue weighted by Crippen LogP contribution is -2.39. The van der Waals surface area contributed by atoms with Gasteiger partial charge in [-0.25, -0.2) is 13.8 Å². The van der Waals surface area contributed by atoms with E-state index < -0.39 is 22.5 Å². The number of carbonyl (C=O) groups excluding carboxylic acids is 1. The molecule has 1 amide bonds. The highest BCUT2D eigenvalue weighted by Crippen LogP contribution is 2.26. The summed E-state index contributed by atoms with van der Waals surface area (Å²) >= 11 is 5.93. The highest BCUT2D eigenvalue weighted by Gasteiger charge is 2.27. The normalized spacial score (nSPS) is 11.8. The smallest absolute Gasteiger partial charge is 0.264 e. The number of carbonyl (C=O) groups is 1. The van der Waals surface area contributed by atoms with Crippen molar-refractivity contribution in [1.82, 2.24) is 5.43 Å². The van der Waals surface area contributed by atoms with Gasteiger partial charge in [0, 0.05) is 10.7 Å². The first kappa shape index (κ1) is 25.5. The van der Waals surface area contributed by atoms with Crippen LogP contribution in [0.3, 0.4) is 0 Å². The Morgan fingerprint density at radius 1 is 0.971 bits per heavy atom. The van der Waals surface area contributed by atoms with Gasteiger partial charge in [-0.2, -0.15) is 5.10 Å². The molecule has 0 radical (unpaired) electrons. The maximum absolute atomic E-state index is 13.4. The zero-order valence-electron chi connectivity index (χ0n) is 19.5. The van der Waals surface area contributed by atoms with Crippen LogP contribution in [0.1, 0.15) is 30.0 Å². The van der Waals surface area contributed by atoms with Crippen LogP contribution in [-0.2, 0) is 21.2 Å². The van der Waals surface area contributed by atoms with Crippen LogP contribution in [0.25, 0.3) is 0 Å². The summed E-state index contributed by atoms with van der Waals surface area (Å²) in [5.74, 6) is -0.533. The first-order valence-corrected chi connectivity index (χ1v) is 12.7. The van der Waals surface area contributed by atoms with Crippen molar-refractivity contribution in [2.24, 2.45) is 5.10 Å². The molecular formula is C26H28ClN3O3S. The van der Waals surface area contributed by atoms with Crippen molar-refractivity contribution in [1.29, 1.82) is 0 Å². The van der Waals surface area contributed by atoms with E-state index in [0.29, 0.717) is 17.1 Å². The van der Waals surface area contributed by atoms with Gasteiger partial charge < -0.3 is 0 Å². The Morgan fingerprint density at radius 2 is 1.65 bits per heavy atom. The van der Waals surface area contributed by atoms with Gasteiger partial charge in [0.15, 0.2) is 0 Å². The molecule has 0 fully saturated rings. The van der Waals surface area contributed by atoms with Crippen LogP contribution >= 0.6 is 11.6 Å². The van der Waals surface area contributed by atoms with Gasteiger partial charge in [-0.15, -0.1) is 0 Å². The number of halogens is 1. The molecule has 0 aromatic heterocycles. The van der Waals surface area contributed by atoms with Crippen molar-refractivity contribution < 1.29 is 13.2 Å². The molecule has 178 valence electrons. The number of nitrogens with one attached hydrogen (secondary N) is 1. The molecule has 0 saturated carbocycles. The first-order valence-electron chi connectivity index (χ1n) is 10.9. The number of rotatable bonds is 9. The summed E-state index contributed by atoms with van der Waals surface area (Å²) in [7, 11) is -4.01. The summed E-state index contributed by atoms with van der Waals surface area (Å²) in [6, 6.07) is 21.1. The lowest BCUT2D eigenvalue weighted by molar-refractivity contribution is -0.119. The van der Waals surface area contributed by atoms with E-state index in [1.54, 1.807) is 12.1 Å². The van der Waals surface area contributed by atoms with Crippen molar-refractivity contribution in [2.45, 2.75) is 38.5 Å². The second-order valence-electron chi connectivity index (χ2n) is 8.10. The number of hydrogen-bond donors (Lipinski definition) is 1. The monoisotopic (exact) mass is 497 g/mol. The Morgan fingerprint density at radius 3 is 2.29 bits per heavy atom. The molecular weight excluding hydrogens is 470 g/mol. The third-order valence-corrected chi connectivity index (χ3v) is 7.50. The molecule has 0 aliphatic heterocycles. The van der Waals surface area contributed by atoms with Crippen LogP contribution < -0.4 is 9.73 Å². The highest BCUT2D eigenvalue weighted by atomic mass is 35.5. The second-order valence-corrected chi connectivity index (χ2v) is 10.4. The van der Waals surface area contributed by atoms with Gasteiger partial charge in [0.25, 0.3) is 15.9 Å². The van der Waals surface area contributed by atoms with Crippen molar-refractivity contribution in [2.75, 3.05) is 10.8 Å². The summed E-state index contributed by atoms with van der Waals surface area (Å²) in [6.45, 7) is 5.25. The van der Waals surface area contributed by atoms with E-state index >= 15 is 0 Å². The summed E-state index contributed by atoms with van der Waals surface area (Å²) in [5, 5.41) is 4.59. The Kier molecular flexibility index (Phi) is 8.47. The van der Waals surface area contributed by atoms with E-state index in [1.807, 2.05) is 57.2 Å². The van der Waals surface area contributed by atoms with Gasteiger partial charge in [-0.3, -0.25) is 9.10 Å². The Hall–Kier alpha value is -3.16. The topological polar surface area (TPSA) is 78.8 Å². The Bertz CT molecular complexity index is 1270. The fourth-order valence-corrected chi connectivity index (χ4v) is 4.82. The molecule has 3 rings (SSSR count). The highest BCUT2D eigenvalue weighted by molar-refractivity contribution is 7.92. The van der Waals surface area contributed by atoms with Crippen LogP contribution in [0.5, 0.6) is 0 Å². The zero-order valence-corrected chi connectivity index (χ0v) is 21.0. The van der Waals surface area contributed by atoms with Gasteiger partial charge in [0.2, 0.25) is 0 Å². The number of anilines is 1. The van der Waals surface area contributed by atoms with Crippen molar-refractivity contribution in [3.8, 4) is 0 Å². The van der Waals surface area contributed by atoms with Gasteiger partial charge in [0.05, 0.1) is 10.6 Å². The van der Waals surface area contributed by atoms with Crippen LogP contribution in [0, 0.1) is 13.8 Å². The lowest BCUT2D eigenvalue weighted by Gasteiger charge is -2.24. The average molecular weight is 498 g/mol. The number of benzene rings is 3. The van der Waals surface area contributed by atoms with Crippen LogP contribution in [0.15, 0.2) is 82.8 Å². The third-order valence-electron chi connectivity index (χ3n) is 5.46. The standard InChI is InChI=1S/C26H28ClN3O3S/c1-19-9-14-24(17-20(19)2)30(34(32,33)25-15-12-23(27)13-16-25)18-26(31)29-28-21(3)10-11-22-7-5-4-6-8-22/h4-9,12-17H,10-11,18H2,1-3H3,(H,29,31)/b28-21-. The number of amides is 1. The molecule has 0 atom stereocenters. The summed E-state index contributed by atoms with van der Waals surface area (Å²) < 4.78 is 28.0. The average Bonchev–Trinajstić information content (AvgIpc) is 2.82. The molecule has 1 N–H and O–H groups in total. The van der Waals surface area contributed by atoms with E-state index in [-0.39, 0.29) is 4.90 Å². The van der Waals surface area contributed by atoms with Gasteiger partial charge in [0.1, 0.15) is 6.54 Å². The minimum Gasteiger partial charge on any atom is -0.271 e. The SMILES string of the molecule is C/C(CCc1ccccc1)=N/NC(=O)CN(c1ccc(C)c(C)c1)S(=O)(=O)c1ccc(Cl)cc1. The molecule has 0 unspecified atom stereocenters. The molecule has 3 aromatic carbocycles. The number of nitrogens with zero attached hydrogens (tertiary/aromatic N) is 2. The number of hydrazone groups is 1. The summed E-state index contributed by atoms with van der Waals surface area (Å²) in [6.07, 6.45) is 1.47. The maximum atomic E-state index is 13.4. The number of aryl methyl sites for hydroxylation is 3. The second kappa shape index (κ2) is 11.3. The van der Waals surface area contributed by atoms with Crippen LogP contribution in [0.4, 0.5) is 5.69 Å². The van der Waals surface area contributed by atoms with E-state index in [9.17, 15) is 13.2 Å². The summed E-state index contributed by atoms with van der Waals surface area (Å²) in [4.78, 5) is 12.8. The van der Waals surface area contributed by atoms with E-state index in [2.05, 4.69) is 10.5 Å². The van der Waals surface area contributed by atoms with Gasteiger partial charge in [-0.05, 0) is 86.7 Å². The Balaban J connectivity index is 1.78. The minimum atomic E-state index is -4.01. The van der Waals surface area contributed by atoms with E-state index in [1.165, 1.54) is 29.8 Å². The molecule has 8 heteroatoms. The maximum Gasteiger partial charge on any atom is 0.264 e.